The molecule has 1 aromatic heterocycles. The van der Waals surface area contributed by atoms with Crippen LogP contribution in [0, 0.1) is 0 Å². The first-order valence-corrected chi connectivity index (χ1v) is 7.85. The number of nitrogens with zero attached hydrogens (tertiary/aromatic N) is 2. The van der Waals surface area contributed by atoms with E-state index in [1.54, 1.807) is 12.1 Å². The summed E-state index contributed by atoms with van der Waals surface area (Å²) >= 11 is 0. The molecule has 0 bridgehead atoms. The standard InChI is InChI=1S/C14H12F3N2OS/c1-21(20,13-8-4-5-9-18-13)19-10-11-6-2-3-7-12(11)14(15,16)17/h2-10H,1H3/q+1. The lowest BCUT2D eigenvalue weighted by Crippen LogP contribution is -2.10. The zero-order valence-electron chi connectivity index (χ0n) is 11.0. The molecule has 0 aliphatic carbocycles. The number of benzene rings is 1. The van der Waals surface area contributed by atoms with E-state index in [1.807, 2.05) is 0 Å². The molecule has 0 aliphatic heterocycles. The number of pyridine rings is 1. The summed E-state index contributed by atoms with van der Waals surface area (Å²) in [5.74, 6) is 0. The van der Waals surface area contributed by atoms with Crippen molar-refractivity contribution in [3.05, 3.63) is 59.8 Å². The van der Waals surface area contributed by atoms with Crippen LogP contribution in [0.4, 0.5) is 13.2 Å². The molecule has 1 atom stereocenters. The van der Waals surface area contributed by atoms with Crippen LogP contribution >= 0.6 is 0 Å². The number of halogens is 3. The van der Waals surface area contributed by atoms with Crippen molar-refractivity contribution in [3.8, 4) is 0 Å². The molecule has 0 radical (unpaired) electrons. The SMILES string of the molecule is CS(=O)(=[N+]=Cc1ccccc1C(F)(F)F)c1ccccn1. The summed E-state index contributed by atoms with van der Waals surface area (Å²) in [5, 5.41) is 0.228. The van der Waals surface area contributed by atoms with Gasteiger partial charge in [0.1, 0.15) is 0 Å². The molecule has 110 valence electrons. The number of hydrogen-bond donors (Lipinski definition) is 0. The molecule has 0 fully saturated rings. The number of aromatic nitrogens is 1. The van der Waals surface area contributed by atoms with Crippen molar-refractivity contribution in [1.29, 1.82) is 0 Å². The smallest absolute Gasteiger partial charge is 0.242 e. The topological polar surface area (TPSA) is 44.1 Å². The second-order valence-corrected chi connectivity index (χ2v) is 6.52. The Morgan fingerprint density at radius 2 is 1.81 bits per heavy atom. The third kappa shape index (κ3) is 3.71. The van der Waals surface area contributed by atoms with Crippen LogP contribution < -0.4 is 4.04 Å². The summed E-state index contributed by atoms with van der Waals surface area (Å²) in [4.78, 5) is 3.92. The molecule has 21 heavy (non-hydrogen) atoms. The average molecular weight is 313 g/mol. The molecule has 1 unspecified atom stereocenters. The summed E-state index contributed by atoms with van der Waals surface area (Å²) in [5.41, 5.74) is -0.944. The zero-order valence-corrected chi connectivity index (χ0v) is 11.9. The Bertz CT molecular complexity index is 787. The van der Waals surface area contributed by atoms with E-state index >= 15 is 0 Å². The normalized spacial score (nSPS) is 14.1. The minimum Gasteiger partial charge on any atom is -0.242 e. The minimum absolute atomic E-state index is 0.129. The van der Waals surface area contributed by atoms with Gasteiger partial charge < -0.3 is 0 Å². The molecule has 2 aromatic rings. The van der Waals surface area contributed by atoms with Gasteiger partial charge in [-0.05, 0) is 28.3 Å². The molecule has 2 rings (SSSR count). The van der Waals surface area contributed by atoms with Gasteiger partial charge in [-0.2, -0.15) is 17.4 Å². The van der Waals surface area contributed by atoms with Crippen LogP contribution in [0.3, 0.4) is 0 Å². The summed E-state index contributed by atoms with van der Waals surface area (Å²) in [6.07, 6.45) is -0.707. The summed E-state index contributed by atoms with van der Waals surface area (Å²) < 4.78 is 54.7. The molecule has 7 heteroatoms. The van der Waals surface area contributed by atoms with Crippen LogP contribution in [-0.2, 0) is 15.9 Å². The molecule has 0 saturated heterocycles. The van der Waals surface area contributed by atoms with Crippen molar-refractivity contribution >= 4 is 15.9 Å². The van der Waals surface area contributed by atoms with Gasteiger partial charge in [0.2, 0.25) is 0 Å². The van der Waals surface area contributed by atoms with E-state index in [1.165, 1.54) is 36.7 Å². The highest BCUT2D eigenvalue weighted by Crippen LogP contribution is 2.30. The van der Waals surface area contributed by atoms with Crippen LogP contribution in [0.5, 0.6) is 0 Å². The monoisotopic (exact) mass is 313 g/mol. The van der Waals surface area contributed by atoms with Crippen LogP contribution in [0.1, 0.15) is 11.1 Å². The molecule has 0 saturated carbocycles. The fourth-order valence-corrected chi connectivity index (χ4v) is 2.66. The molecule has 0 aliphatic rings. The Balaban J connectivity index is 2.56. The largest absolute Gasteiger partial charge is 0.417 e. The van der Waals surface area contributed by atoms with Gasteiger partial charge >= 0.3 is 22.1 Å². The van der Waals surface area contributed by atoms with Crippen LogP contribution in [0.25, 0.3) is 0 Å². The first-order chi connectivity index (χ1) is 9.81. The van der Waals surface area contributed by atoms with Crippen LogP contribution in [0.15, 0.2) is 53.7 Å². The zero-order chi connectivity index (χ0) is 15.5. The van der Waals surface area contributed by atoms with E-state index in [9.17, 15) is 17.4 Å². The van der Waals surface area contributed by atoms with Gasteiger partial charge in [0.05, 0.1) is 17.4 Å². The molecular weight excluding hydrogens is 301 g/mol. The number of rotatable bonds is 2. The van der Waals surface area contributed by atoms with Gasteiger partial charge in [-0.3, -0.25) is 0 Å². The van der Waals surface area contributed by atoms with E-state index in [0.717, 1.165) is 12.3 Å². The molecule has 0 N–H and O–H groups in total. The minimum atomic E-state index is -4.48. The van der Waals surface area contributed by atoms with Gasteiger partial charge in [0.25, 0.3) is 0 Å². The second kappa shape index (κ2) is 5.71. The van der Waals surface area contributed by atoms with Crippen molar-refractivity contribution in [1.82, 2.24) is 9.02 Å². The van der Waals surface area contributed by atoms with Crippen molar-refractivity contribution in [2.24, 2.45) is 0 Å². The van der Waals surface area contributed by atoms with E-state index in [4.69, 9.17) is 0 Å². The summed E-state index contributed by atoms with van der Waals surface area (Å²) in [7, 11) is -2.88. The van der Waals surface area contributed by atoms with Gasteiger partial charge in [0.15, 0.2) is 5.03 Å². The molecular formula is C14H12F3N2OS+. The van der Waals surface area contributed by atoms with Crippen LogP contribution in [0.2, 0.25) is 0 Å². The lowest BCUT2D eigenvalue weighted by Gasteiger charge is -2.06. The molecule has 0 amide bonds. The van der Waals surface area contributed by atoms with Gasteiger partial charge in [-0.15, -0.1) is 0 Å². The highest BCUT2D eigenvalue weighted by molar-refractivity contribution is 7.92. The number of alkyl halides is 3. The van der Waals surface area contributed by atoms with Gasteiger partial charge in [-0.25, -0.2) is 4.98 Å². The Kier molecular flexibility index (Phi) is 4.16. The quantitative estimate of drug-likeness (QED) is 0.632. The highest BCUT2D eigenvalue weighted by Gasteiger charge is 2.33. The molecule has 0 spiro atoms. The van der Waals surface area contributed by atoms with Crippen molar-refractivity contribution < 1.29 is 17.4 Å². The first kappa shape index (κ1) is 15.3. The fraction of sp³-hybridized carbons (Fsp3) is 0.143. The molecule has 3 nitrogen and oxygen atoms in total. The third-order valence-corrected chi connectivity index (χ3v) is 4.21. The van der Waals surface area contributed by atoms with E-state index in [2.05, 4.69) is 9.02 Å². The lowest BCUT2D eigenvalue weighted by atomic mass is 10.1. The predicted molar refractivity (Wildman–Crippen MR) is 75.3 cm³/mol. The average Bonchev–Trinajstić information content (AvgIpc) is 2.45. The Hall–Kier alpha value is -2.11. The van der Waals surface area contributed by atoms with E-state index in [0.29, 0.717) is 0 Å². The van der Waals surface area contributed by atoms with Gasteiger partial charge in [-0.1, -0.05) is 18.2 Å². The maximum atomic E-state index is 12.8. The van der Waals surface area contributed by atoms with Crippen molar-refractivity contribution in [2.45, 2.75) is 11.2 Å². The number of hydrogen-bond acceptors (Lipinski definition) is 2. The Labute approximate surface area is 120 Å². The third-order valence-electron chi connectivity index (χ3n) is 2.68. The maximum Gasteiger partial charge on any atom is 0.417 e. The Morgan fingerprint density at radius 3 is 2.43 bits per heavy atom. The highest BCUT2D eigenvalue weighted by atomic mass is 32.2. The molecule has 1 aromatic carbocycles. The maximum absolute atomic E-state index is 12.8. The predicted octanol–water partition coefficient (Wildman–Crippen LogP) is 2.74. The van der Waals surface area contributed by atoms with Crippen LogP contribution in [-0.4, -0.2) is 21.7 Å². The summed E-state index contributed by atoms with van der Waals surface area (Å²) in [6.45, 7) is 0. The van der Waals surface area contributed by atoms with Crippen molar-refractivity contribution in [2.75, 3.05) is 6.26 Å². The second-order valence-electron chi connectivity index (χ2n) is 4.29. The van der Waals surface area contributed by atoms with E-state index < -0.39 is 21.5 Å². The first-order valence-electron chi connectivity index (χ1n) is 5.92. The van der Waals surface area contributed by atoms with Crippen molar-refractivity contribution in [3.63, 3.8) is 0 Å². The fourth-order valence-electron chi connectivity index (χ4n) is 1.65. The Morgan fingerprint density at radius 1 is 1.14 bits per heavy atom. The lowest BCUT2D eigenvalue weighted by molar-refractivity contribution is -0.137. The van der Waals surface area contributed by atoms with Gasteiger partial charge in [0, 0.05) is 6.20 Å². The van der Waals surface area contributed by atoms with E-state index in [-0.39, 0.29) is 10.6 Å². The summed E-state index contributed by atoms with van der Waals surface area (Å²) in [6, 6.07) is 9.82. The molecule has 1 heterocycles.